The average Bonchev–Trinajstić information content (AvgIpc) is 3.19. The molecule has 6 rings (SSSR count). The topological polar surface area (TPSA) is 112 Å². The van der Waals surface area contributed by atoms with E-state index in [0.717, 1.165) is 39.7 Å². The minimum atomic E-state index is -3.95. The summed E-state index contributed by atoms with van der Waals surface area (Å²) >= 11 is 0. The van der Waals surface area contributed by atoms with Gasteiger partial charge in [0.2, 0.25) is 0 Å². The molecule has 2 amide bonds. The lowest BCUT2D eigenvalue weighted by atomic mass is 9.73. The number of nitrogens with one attached hydrogen (secondary N) is 1. The molecule has 1 aromatic heterocycles. The number of hydrogen-bond donors (Lipinski definition) is 1. The zero-order valence-electron chi connectivity index (χ0n) is 23.6. The highest BCUT2D eigenvalue weighted by Crippen LogP contribution is 2.56. The molecule has 10 nitrogen and oxygen atoms in total. The molecular weight excluding hydrogens is 542 g/mol. The summed E-state index contributed by atoms with van der Waals surface area (Å²) in [6.45, 7) is 2.50. The van der Waals surface area contributed by atoms with Crippen molar-refractivity contribution in [3.05, 3.63) is 64.5 Å². The van der Waals surface area contributed by atoms with Crippen LogP contribution in [0.2, 0.25) is 0 Å². The van der Waals surface area contributed by atoms with Gasteiger partial charge >= 0.3 is 10.2 Å². The summed E-state index contributed by atoms with van der Waals surface area (Å²) in [5.74, 6) is -0.115. The van der Waals surface area contributed by atoms with Crippen molar-refractivity contribution in [1.29, 1.82) is 0 Å². The van der Waals surface area contributed by atoms with Gasteiger partial charge in [0.1, 0.15) is 0 Å². The number of amides is 2. The summed E-state index contributed by atoms with van der Waals surface area (Å²) in [7, 11) is -1.20. The molecule has 1 aromatic carbocycles. The summed E-state index contributed by atoms with van der Waals surface area (Å²) in [5.41, 5.74) is 4.80. The first-order valence-corrected chi connectivity index (χ1v) is 15.9. The normalized spacial score (nSPS) is 22.9. The van der Waals surface area contributed by atoms with Crippen molar-refractivity contribution in [2.45, 2.75) is 44.1 Å². The standard InChI is InChI=1S/C30H37N5O5S/c1-33(2)41(38,39)32-29(36)22-10-11-24-25(18-22)35-19-23(30(37)34-13-15-40-16-14-34)17-21-9-6-12-31-27(21)28(35)26(24)20-7-4-3-5-8-20/h6,9-12,17-18,20,26,28H,3-5,7-8,13-16,19H2,1-2H3,(H,32,36). The fourth-order valence-electron chi connectivity index (χ4n) is 6.82. The van der Waals surface area contributed by atoms with E-state index in [1.165, 1.54) is 33.4 Å². The summed E-state index contributed by atoms with van der Waals surface area (Å²) in [6, 6.07) is 9.33. The summed E-state index contributed by atoms with van der Waals surface area (Å²) in [5, 5.41) is 0. The second-order valence-electron chi connectivity index (χ2n) is 11.5. The molecule has 0 radical (unpaired) electrons. The van der Waals surface area contributed by atoms with E-state index in [2.05, 4.69) is 9.62 Å². The molecule has 0 spiro atoms. The van der Waals surface area contributed by atoms with E-state index in [1.54, 1.807) is 12.1 Å². The van der Waals surface area contributed by atoms with E-state index >= 15 is 0 Å². The predicted octanol–water partition coefficient (Wildman–Crippen LogP) is 3.10. The van der Waals surface area contributed by atoms with Crippen LogP contribution in [0.15, 0.2) is 42.1 Å². The maximum atomic E-state index is 13.8. The number of aromatic nitrogens is 1. The first kappa shape index (κ1) is 27.9. The largest absolute Gasteiger partial charge is 0.378 e. The van der Waals surface area contributed by atoms with Crippen LogP contribution < -0.4 is 9.62 Å². The first-order valence-electron chi connectivity index (χ1n) is 14.4. The molecule has 1 aliphatic carbocycles. The Morgan fingerprint density at radius 2 is 1.83 bits per heavy atom. The van der Waals surface area contributed by atoms with E-state index in [-0.39, 0.29) is 23.4 Å². The van der Waals surface area contributed by atoms with Gasteiger partial charge in [-0.1, -0.05) is 31.4 Å². The third kappa shape index (κ3) is 5.26. The van der Waals surface area contributed by atoms with Crippen molar-refractivity contribution in [3.63, 3.8) is 0 Å². The predicted molar refractivity (Wildman–Crippen MR) is 156 cm³/mol. The van der Waals surface area contributed by atoms with Crippen LogP contribution in [-0.4, -0.2) is 81.4 Å². The summed E-state index contributed by atoms with van der Waals surface area (Å²) in [6.07, 6.45) is 9.63. The Morgan fingerprint density at radius 1 is 1.07 bits per heavy atom. The van der Waals surface area contributed by atoms with Crippen LogP contribution >= 0.6 is 0 Å². The minimum Gasteiger partial charge on any atom is -0.378 e. The molecule has 4 aliphatic rings. The molecule has 41 heavy (non-hydrogen) atoms. The van der Waals surface area contributed by atoms with Crippen LogP contribution in [0.25, 0.3) is 6.08 Å². The van der Waals surface area contributed by atoms with Gasteiger partial charge in [-0.3, -0.25) is 14.6 Å². The number of carbonyl (C=O) groups excluding carboxylic acids is 2. The van der Waals surface area contributed by atoms with E-state index < -0.39 is 16.1 Å². The molecule has 1 saturated carbocycles. The Balaban J connectivity index is 1.44. The SMILES string of the molecule is CN(C)S(=O)(=O)NC(=O)c1ccc2c(c1)N1CC(C(=O)N3CCOCC3)=Cc3cccnc3C1C2C1CCCCC1. The Kier molecular flexibility index (Phi) is 7.60. The van der Waals surface area contributed by atoms with Gasteiger partial charge in [0, 0.05) is 62.7 Å². The third-order valence-electron chi connectivity index (χ3n) is 8.89. The fraction of sp³-hybridized carbons (Fsp3) is 0.500. The maximum Gasteiger partial charge on any atom is 0.303 e. The van der Waals surface area contributed by atoms with Gasteiger partial charge in [-0.25, -0.2) is 4.72 Å². The molecule has 2 fully saturated rings. The van der Waals surface area contributed by atoms with Crippen LogP contribution in [-0.2, 0) is 19.7 Å². The number of morpholine rings is 1. The van der Waals surface area contributed by atoms with Crippen LogP contribution in [0.3, 0.4) is 0 Å². The van der Waals surface area contributed by atoms with E-state index in [4.69, 9.17) is 9.72 Å². The molecule has 4 heterocycles. The highest BCUT2D eigenvalue weighted by molar-refractivity contribution is 7.87. The average molecular weight is 580 g/mol. The number of rotatable bonds is 5. The lowest BCUT2D eigenvalue weighted by Crippen LogP contribution is -2.43. The molecule has 11 heteroatoms. The molecule has 0 bridgehead atoms. The number of ether oxygens (including phenoxy) is 1. The molecule has 218 valence electrons. The molecule has 2 unspecified atom stereocenters. The zero-order chi connectivity index (χ0) is 28.7. The summed E-state index contributed by atoms with van der Waals surface area (Å²) < 4.78 is 33.4. The Hall–Kier alpha value is -3.28. The van der Waals surface area contributed by atoms with Crippen molar-refractivity contribution in [2.24, 2.45) is 5.92 Å². The number of nitrogens with zero attached hydrogens (tertiary/aromatic N) is 4. The second kappa shape index (κ2) is 11.2. The monoisotopic (exact) mass is 579 g/mol. The molecule has 1 N–H and O–H groups in total. The third-order valence-corrected chi connectivity index (χ3v) is 10.3. The van der Waals surface area contributed by atoms with E-state index in [9.17, 15) is 18.0 Å². The number of pyridine rings is 1. The van der Waals surface area contributed by atoms with Gasteiger partial charge in [0.15, 0.2) is 0 Å². The Bertz CT molecular complexity index is 1480. The van der Waals surface area contributed by atoms with Gasteiger partial charge < -0.3 is 14.5 Å². The molecule has 3 aliphatic heterocycles. The maximum absolute atomic E-state index is 13.8. The van der Waals surface area contributed by atoms with Gasteiger partial charge in [0.05, 0.1) is 24.9 Å². The number of hydrogen-bond acceptors (Lipinski definition) is 7. The summed E-state index contributed by atoms with van der Waals surface area (Å²) in [4.78, 5) is 35.9. The van der Waals surface area contributed by atoms with E-state index in [0.29, 0.717) is 44.3 Å². The Labute approximate surface area is 241 Å². The quantitative estimate of drug-likeness (QED) is 0.579. The first-order chi connectivity index (χ1) is 19.7. The van der Waals surface area contributed by atoms with Crippen LogP contribution in [0.4, 0.5) is 5.69 Å². The van der Waals surface area contributed by atoms with Crippen molar-refractivity contribution in [3.8, 4) is 0 Å². The number of carbonyl (C=O) groups is 2. The van der Waals surface area contributed by atoms with Crippen molar-refractivity contribution in [2.75, 3.05) is 51.8 Å². The molecular formula is C30H37N5O5S. The lowest BCUT2D eigenvalue weighted by molar-refractivity contribution is -0.131. The molecule has 2 atom stereocenters. The number of anilines is 1. The van der Waals surface area contributed by atoms with Crippen LogP contribution in [0.5, 0.6) is 0 Å². The van der Waals surface area contributed by atoms with Crippen LogP contribution in [0, 0.1) is 5.92 Å². The molecule has 2 aromatic rings. The second-order valence-corrected chi connectivity index (χ2v) is 13.4. The zero-order valence-corrected chi connectivity index (χ0v) is 24.4. The highest BCUT2D eigenvalue weighted by Gasteiger charge is 2.47. The number of fused-ring (bicyclic) bond motifs is 5. The lowest BCUT2D eigenvalue weighted by Gasteiger charge is -2.35. The van der Waals surface area contributed by atoms with Gasteiger partial charge in [0.25, 0.3) is 11.8 Å². The van der Waals surface area contributed by atoms with Crippen molar-refractivity contribution >= 4 is 33.8 Å². The van der Waals surface area contributed by atoms with Crippen molar-refractivity contribution in [1.82, 2.24) is 18.9 Å². The van der Waals surface area contributed by atoms with E-state index in [1.807, 2.05) is 35.4 Å². The van der Waals surface area contributed by atoms with Crippen LogP contribution in [0.1, 0.15) is 71.2 Å². The molecule has 1 saturated heterocycles. The Morgan fingerprint density at radius 3 is 2.56 bits per heavy atom. The van der Waals surface area contributed by atoms with Gasteiger partial charge in [-0.05, 0) is 54.2 Å². The van der Waals surface area contributed by atoms with Crippen molar-refractivity contribution < 1.29 is 22.7 Å². The smallest absolute Gasteiger partial charge is 0.303 e. The minimum absolute atomic E-state index is 0.0163. The fourth-order valence-corrected chi connectivity index (χ4v) is 7.35. The van der Waals surface area contributed by atoms with Gasteiger partial charge in [-0.2, -0.15) is 12.7 Å². The highest BCUT2D eigenvalue weighted by atomic mass is 32.2. The van der Waals surface area contributed by atoms with Gasteiger partial charge in [-0.15, -0.1) is 0 Å². The number of benzene rings is 1.